The number of rotatable bonds is 37. The molecule has 0 bridgehead atoms. The Morgan fingerprint density at radius 2 is 1.33 bits per heavy atom. The van der Waals surface area contributed by atoms with Crippen LogP contribution in [0.2, 0.25) is 0 Å². The van der Waals surface area contributed by atoms with Crippen molar-refractivity contribution in [2.24, 2.45) is 41.2 Å². The molecule has 3 aliphatic rings. The largest absolute Gasteiger partial charge is 0.445 e. The number of unbranched alkanes of at least 4 members (excludes halogenated alkanes) is 2. The van der Waals surface area contributed by atoms with E-state index in [-0.39, 0.29) is 85.9 Å². The van der Waals surface area contributed by atoms with Crippen LogP contribution in [0.1, 0.15) is 163 Å². The molecule has 25 nitrogen and oxygen atoms in total. The number of allylic oxidation sites excluding steroid dienone is 2. The average Bonchev–Trinajstić information content (AvgIpc) is 1.79. The monoisotopic (exact) mass is 1330 g/mol. The number of anilines is 1. The van der Waals surface area contributed by atoms with Gasteiger partial charge in [0, 0.05) is 53.5 Å². The number of aliphatic hydroxyl groups excluding tert-OH is 1. The number of nitrogens with two attached hydrogens (primary N) is 1. The highest BCUT2D eigenvalue weighted by molar-refractivity contribution is 6.18. The zero-order valence-electron chi connectivity index (χ0n) is 57.7. The molecular weight excluding hydrogens is 1220 g/mol. The standard InChI is InChI=1S/C70H106N10O15/c1-41(2)58(76-56(83)30-18-14-17-27-50-53(81)35-36-54(50)82)66(88)75-51(28-21-37-72-69(71)91)65(87)74-49-33-31-46(32-34-49)40-95-70(92)79(10)60(43(5)6)67(89)77-59(42(3)4)68(90)78(9)61(47-23-19-20-24-47)55(93-11)39-57(84)80-38-22-29-52(80)63(94-12)44(7)64(86)73-45(8)62(85)48-25-15-13-16-26-48/h13,15-16,25-26,31-36,41-45,47,50-52,55,58-63,85H,14,17-24,27-30,37-40H2,1-12H3,(H,73,86)(H,74,87)(H,75,88)(H,76,83)(H,77,89)(H3,71,72,91)/t44-,45-,51?,52+,55-,58+,59+,60+,61+,62-,63-/m1/s1. The van der Waals surface area contributed by atoms with Gasteiger partial charge >= 0.3 is 12.1 Å². The van der Waals surface area contributed by atoms with Crippen LogP contribution in [0.5, 0.6) is 0 Å². The third-order valence-electron chi connectivity index (χ3n) is 18.7. The van der Waals surface area contributed by atoms with E-state index in [9.17, 15) is 57.8 Å². The number of ether oxygens (including phenoxy) is 3. The first-order chi connectivity index (χ1) is 45.1. The molecule has 25 heteroatoms. The van der Waals surface area contributed by atoms with E-state index in [1.165, 1.54) is 38.3 Å². The Bertz CT molecular complexity index is 2920. The van der Waals surface area contributed by atoms with Gasteiger partial charge in [0.05, 0.1) is 54.7 Å². The molecule has 2 aromatic rings. The predicted octanol–water partition coefficient (Wildman–Crippen LogP) is 6.01. The number of nitrogens with zero attached hydrogens (tertiary/aromatic N) is 3. The third kappa shape index (κ3) is 22.7. The summed E-state index contributed by atoms with van der Waals surface area (Å²) in [7, 11) is 6.19. The Balaban J connectivity index is 1.18. The molecule has 11 atom stereocenters. The first-order valence-electron chi connectivity index (χ1n) is 33.7. The van der Waals surface area contributed by atoms with E-state index in [4.69, 9.17) is 19.9 Å². The number of carbonyl (C=O) groups is 11. The number of carbonyl (C=O) groups excluding carboxylic acids is 11. The van der Waals surface area contributed by atoms with Crippen molar-refractivity contribution in [1.29, 1.82) is 0 Å². The average molecular weight is 1330 g/mol. The zero-order valence-corrected chi connectivity index (χ0v) is 57.7. The van der Waals surface area contributed by atoms with Crippen LogP contribution in [0.3, 0.4) is 0 Å². The summed E-state index contributed by atoms with van der Waals surface area (Å²) < 4.78 is 17.9. The van der Waals surface area contributed by atoms with Crippen LogP contribution < -0.4 is 37.6 Å². The first-order valence-corrected chi connectivity index (χ1v) is 33.7. The summed E-state index contributed by atoms with van der Waals surface area (Å²) in [6.45, 7) is 14.5. The van der Waals surface area contributed by atoms with E-state index in [0.29, 0.717) is 61.9 Å². The van der Waals surface area contributed by atoms with Gasteiger partial charge in [-0.2, -0.15) is 0 Å². The highest BCUT2D eigenvalue weighted by Gasteiger charge is 2.45. The highest BCUT2D eigenvalue weighted by atomic mass is 16.6. The summed E-state index contributed by atoms with van der Waals surface area (Å²) in [5.41, 5.74) is 6.80. The van der Waals surface area contributed by atoms with Gasteiger partial charge in [-0.05, 0) is 117 Å². The Hall–Kier alpha value is -7.77. The predicted molar refractivity (Wildman–Crippen MR) is 357 cm³/mol. The minimum absolute atomic E-state index is 0.0136. The number of benzene rings is 2. The van der Waals surface area contributed by atoms with Crippen LogP contribution in [-0.4, -0.2) is 181 Å². The van der Waals surface area contributed by atoms with Crippen LogP contribution in [0.15, 0.2) is 66.7 Å². The van der Waals surface area contributed by atoms with Crippen molar-refractivity contribution < 1.29 is 72.1 Å². The maximum absolute atomic E-state index is 14.9. The maximum atomic E-state index is 14.9. The minimum Gasteiger partial charge on any atom is -0.445 e. The quantitative estimate of drug-likeness (QED) is 0.0284. The second kappa shape index (κ2) is 38.1. The molecular formula is C70H106N10O15. The Morgan fingerprint density at radius 1 is 0.684 bits per heavy atom. The van der Waals surface area contributed by atoms with Crippen molar-refractivity contribution >= 4 is 70.7 Å². The summed E-state index contributed by atoms with van der Waals surface area (Å²) in [6.07, 6.45) is 6.64. The van der Waals surface area contributed by atoms with Crippen LogP contribution in [-0.2, 0) is 64.0 Å². The molecule has 2 fully saturated rings. The van der Waals surface area contributed by atoms with E-state index in [1.807, 2.05) is 32.0 Å². The van der Waals surface area contributed by atoms with Gasteiger partial charge < -0.3 is 66.8 Å². The fourth-order valence-corrected chi connectivity index (χ4v) is 13.2. The van der Waals surface area contributed by atoms with Gasteiger partial charge in [0.15, 0.2) is 11.6 Å². The molecule has 9 N–H and O–H groups in total. The van der Waals surface area contributed by atoms with Crippen molar-refractivity contribution in [1.82, 2.24) is 41.3 Å². The summed E-state index contributed by atoms with van der Waals surface area (Å²) in [6, 6.07) is 8.95. The van der Waals surface area contributed by atoms with Crippen LogP contribution in [0.25, 0.3) is 0 Å². The Kier molecular flexibility index (Phi) is 31.2. The number of amides is 10. The lowest BCUT2D eigenvalue weighted by molar-refractivity contribution is -0.148. The lowest BCUT2D eigenvalue weighted by Crippen LogP contribution is -2.60. The summed E-state index contributed by atoms with van der Waals surface area (Å²) in [5, 5.41) is 27.7. The van der Waals surface area contributed by atoms with Crippen molar-refractivity contribution in [2.45, 2.75) is 212 Å². The second-order valence-corrected chi connectivity index (χ2v) is 26.7. The molecule has 0 spiro atoms. The number of hydrogen-bond acceptors (Lipinski definition) is 15. The molecule has 0 radical (unpaired) electrons. The molecule has 2 aliphatic carbocycles. The van der Waals surface area contributed by atoms with Crippen LogP contribution >= 0.6 is 0 Å². The molecule has 1 aliphatic heterocycles. The molecule has 2 aromatic carbocycles. The number of methoxy groups -OCH3 is 2. The molecule has 1 unspecified atom stereocenters. The number of likely N-dealkylation sites (tertiary alicyclic amines) is 1. The second-order valence-electron chi connectivity index (χ2n) is 26.7. The molecule has 5 rings (SSSR count). The van der Waals surface area contributed by atoms with Crippen molar-refractivity contribution in [3.8, 4) is 0 Å². The number of ketones is 2. The van der Waals surface area contributed by atoms with Gasteiger partial charge in [-0.25, -0.2) is 9.59 Å². The lowest BCUT2D eigenvalue weighted by Gasteiger charge is -2.41. The Morgan fingerprint density at radius 3 is 1.92 bits per heavy atom. The molecule has 95 heavy (non-hydrogen) atoms. The number of aliphatic hydroxyl groups is 1. The van der Waals surface area contributed by atoms with E-state index in [0.717, 1.165) is 25.7 Å². The number of hydrogen-bond donors (Lipinski definition) is 8. The molecule has 1 saturated carbocycles. The van der Waals surface area contributed by atoms with Crippen LogP contribution in [0.4, 0.5) is 15.3 Å². The zero-order chi connectivity index (χ0) is 70.2. The smallest absolute Gasteiger partial charge is 0.410 e. The van der Waals surface area contributed by atoms with E-state index < -0.39 is 114 Å². The summed E-state index contributed by atoms with van der Waals surface area (Å²) in [4.78, 5) is 152. The summed E-state index contributed by atoms with van der Waals surface area (Å²) in [5.74, 6) is -6.01. The highest BCUT2D eigenvalue weighted by Crippen LogP contribution is 2.36. The fraction of sp³-hybridized carbons (Fsp3) is 0.643. The van der Waals surface area contributed by atoms with Gasteiger partial charge in [-0.15, -0.1) is 0 Å². The molecule has 526 valence electrons. The maximum Gasteiger partial charge on any atom is 0.410 e. The molecule has 0 aromatic heterocycles. The van der Waals surface area contributed by atoms with Crippen molar-refractivity contribution in [2.75, 3.05) is 46.7 Å². The van der Waals surface area contributed by atoms with Gasteiger partial charge in [-0.1, -0.05) is 117 Å². The number of urea groups is 1. The van der Waals surface area contributed by atoms with Gasteiger partial charge in [0.2, 0.25) is 41.4 Å². The SMILES string of the molecule is CO[C@H]([C@@H](C)C(=O)N[C@H](C)[C@@H](O)c1ccccc1)[C@@H]1CCCN1C(=O)C[C@@H](OC)[C@H](C1CCCC1)N(C)C(=O)[C@@H](NC(=O)[C@H](C(C)C)N(C)C(=O)OCc1ccc(NC(=O)C(CCCNC(N)=O)NC(=O)[C@@H](NC(=O)CCCCCC2C(=O)C=CC2=O)C(C)C)cc1)C(C)C. The number of likely N-dealkylation sites (N-methyl/N-ethyl adjacent to an activating group) is 2. The first kappa shape index (κ1) is 77.9. The molecule has 1 heterocycles. The fourth-order valence-electron chi connectivity index (χ4n) is 13.2. The Labute approximate surface area is 560 Å². The summed E-state index contributed by atoms with van der Waals surface area (Å²) >= 11 is 0. The van der Waals surface area contributed by atoms with Crippen molar-refractivity contribution in [3.05, 3.63) is 77.9 Å². The lowest BCUT2D eigenvalue weighted by atomic mass is 9.88. The van der Waals surface area contributed by atoms with Gasteiger partial charge in [-0.3, -0.25) is 48.1 Å². The van der Waals surface area contributed by atoms with Gasteiger partial charge in [0.25, 0.3) is 0 Å². The number of primary amides is 1. The molecule has 10 amide bonds. The van der Waals surface area contributed by atoms with Crippen molar-refractivity contribution in [3.63, 3.8) is 0 Å². The molecule has 1 saturated heterocycles. The third-order valence-corrected chi connectivity index (χ3v) is 18.7. The topological polar surface area (TPSA) is 344 Å². The number of nitrogens with one attached hydrogen (secondary N) is 6. The van der Waals surface area contributed by atoms with Crippen LogP contribution in [0, 0.1) is 35.5 Å². The van der Waals surface area contributed by atoms with E-state index in [2.05, 4.69) is 31.9 Å². The van der Waals surface area contributed by atoms with E-state index >= 15 is 0 Å². The normalized spacial score (nSPS) is 18.2. The van der Waals surface area contributed by atoms with E-state index in [1.54, 1.807) is 94.8 Å². The van der Waals surface area contributed by atoms with Gasteiger partial charge in [0.1, 0.15) is 30.8 Å². The minimum atomic E-state index is -1.11.